The Morgan fingerprint density at radius 2 is 1.52 bits per heavy atom. The molecule has 0 aliphatic carbocycles. The van der Waals surface area contributed by atoms with Crippen molar-refractivity contribution in [3.63, 3.8) is 0 Å². The summed E-state index contributed by atoms with van der Waals surface area (Å²) in [6.45, 7) is 0. The van der Waals surface area contributed by atoms with E-state index in [1.807, 2.05) is 12.1 Å². The summed E-state index contributed by atoms with van der Waals surface area (Å²) in [6, 6.07) is 17.5. The van der Waals surface area contributed by atoms with Crippen LogP contribution in [0.1, 0.15) is 26.3 Å². The Balaban J connectivity index is 1.58. The van der Waals surface area contributed by atoms with Gasteiger partial charge in [0.15, 0.2) is 0 Å². The molecule has 4 rings (SSSR count). The zero-order chi connectivity index (χ0) is 19.0. The van der Waals surface area contributed by atoms with E-state index in [4.69, 9.17) is 4.74 Å². The lowest BCUT2D eigenvalue weighted by Crippen LogP contribution is -2.52. The fourth-order valence-electron chi connectivity index (χ4n) is 3.23. The Hall–Kier alpha value is -3.67. The molecule has 0 aromatic heterocycles. The Morgan fingerprint density at radius 1 is 0.926 bits per heavy atom. The zero-order valence-corrected chi connectivity index (χ0v) is 14.6. The maximum absolute atomic E-state index is 12.8. The third kappa shape index (κ3) is 2.91. The number of methoxy groups -OCH3 is 1. The molecule has 1 N–H and O–H groups in total. The van der Waals surface area contributed by atoms with Crippen LogP contribution in [-0.2, 0) is 11.2 Å². The lowest BCUT2D eigenvalue weighted by atomic mass is 9.95. The first kappa shape index (κ1) is 16.8. The number of benzene rings is 3. The highest BCUT2D eigenvalue weighted by atomic mass is 16.5. The molecule has 0 spiro atoms. The van der Waals surface area contributed by atoms with Gasteiger partial charge in [0.05, 0.1) is 24.7 Å². The van der Waals surface area contributed by atoms with Crippen LogP contribution in [0.3, 0.4) is 0 Å². The van der Waals surface area contributed by atoms with Crippen LogP contribution in [0.5, 0.6) is 5.75 Å². The van der Waals surface area contributed by atoms with Crippen molar-refractivity contribution in [2.24, 2.45) is 0 Å². The van der Waals surface area contributed by atoms with Crippen LogP contribution in [0.2, 0.25) is 0 Å². The highest BCUT2D eigenvalue weighted by Crippen LogP contribution is 2.29. The summed E-state index contributed by atoms with van der Waals surface area (Å²) in [5, 5.41) is 2.23. The van der Waals surface area contributed by atoms with Gasteiger partial charge in [-0.05, 0) is 35.2 Å². The van der Waals surface area contributed by atoms with Crippen molar-refractivity contribution in [2.45, 2.75) is 6.42 Å². The molecule has 0 radical (unpaired) electrons. The lowest BCUT2D eigenvalue weighted by molar-refractivity contribution is -0.123. The quantitative estimate of drug-likeness (QED) is 0.726. The van der Waals surface area contributed by atoms with Crippen molar-refractivity contribution >= 4 is 28.5 Å². The van der Waals surface area contributed by atoms with E-state index < -0.39 is 17.7 Å². The van der Waals surface area contributed by atoms with Gasteiger partial charge < -0.3 is 4.74 Å². The molecule has 6 heteroatoms. The molecule has 6 nitrogen and oxygen atoms in total. The second-order valence-corrected chi connectivity index (χ2v) is 6.21. The molecule has 27 heavy (non-hydrogen) atoms. The molecule has 1 aliphatic heterocycles. The molecule has 3 amide bonds. The first-order chi connectivity index (χ1) is 13.1. The Kier molecular flexibility index (Phi) is 4.08. The number of nitrogens with one attached hydrogen (secondary N) is 1. The summed E-state index contributed by atoms with van der Waals surface area (Å²) in [5.74, 6) is -0.835. The molecule has 1 aliphatic rings. The van der Waals surface area contributed by atoms with E-state index in [0.717, 1.165) is 16.0 Å². The number of nitrogens with zero attached hydrogens (tertiary/aromatic N) is 1. The number of carbonyl (C=O) groups is 3. The topological polar surface area (TPSA) is 75.7 Å². The van der Waals surface area contributed by atoms with Gasteiger partial charge in [-0.2, -0.15) is 5.01 Å². The molecule has 134 valence electrons. The van der Waals surface area contributed by atoms with Gasteiger partial charge in [0.2, 0.25) is 5.91 Å². The van der Waals surface area contributed by atoms with Crippen LogP contribution in [0, 0.1) is 0 Å². The van der Waals surface area contributed by atoms with E-state index in [9.17, 15) is 14.4 Å². The van der Waals surface area contributed by atoms with Gasteiger partial charge in [-0.25, -0.2) is 0 Å². The number of amides is 3. The average molecular weight is 360 g/mol. The summed E-state index contributed by atoms with van der Waals surface area (Å²) >= 11 is 0. The molecule has 0 atom stereocenters. The van der Waals surface area contributed by atoms with Gasteiger partial charge >= 0.3 is 0 Å². The lowest BCUT2D eigenvalue weighted by Gasteiger charge is -2.27. The van der Waals surface area contributed by atoms with Gasteiger partial charge in [0.1, 0.15) is 5.75 Å². The second-order valence-electron chi connectivity index (χ2n) is 6.21. The number of imide groups is 1. The van der Waals surface area contributed by atoms with Crippen LogP contribution in [-0.4, -0.2) is 29.8 Å². The minimum Gasteiger partial charge on any atom is -0.497 e. The standard InChI is InChI=1S/C21H16N2O4/c1-27-15-10-8-13(9-11-15)12-18(24)22-23-20(25)16-6-2-4-14-5-3-7-17(19(14)16)21(23)26/h2-11H,12H2,1H3,(H,22,24). The van der Waals surface area contributed by atoms with Crippen LogP contribution in [0.15, 0.2) is 60.7 Å². The molecular formula is C21H16N2O4. The fraction of sp³-hybridized carbons (Fsp3) is 0.0952. The van der Waals surface area contributed by atoms with Crippen molar-refractivity contribution in [1.82, 2.24) is 10.4 Å². The van der Waals surface area contributed by atoms with Crippen LogP contribution in [0.4, 0.5) is 0 Å². The highest BCUT2D eigenvalue weighted by molar-refractivity contribution is 6.25. The molecule has 0 unspecified atom stereocenters. The molecular weight excluding hydrogens is 344 g/mol. The van der Waals surface area contributed by atoms with Crippen molar-refractivity contribution < 1.29 is 19.1 Å². The van der Waals surface area contributed by atoms with E-state index in [1.54, 1.807) is 55.6 Å². The van der Waals surface area contributed by atoms with Crippen LogP contribution in [0.25, 0.3) is 10.8 Å². The Morgan fingerprint density at radius 3 is 2.07 bits per heavy atom. The Bertz CT molecular complexity index is 1020. The fourth-order valence-corrected chi connectivity index (χ4v) is 3.23. The molecule has 0 saturated heterocycles. The third-order valence-electron chi connectivity index (χ3n) is 4.53. The summed E-state index contributed by atoms with van der Waals surface area (Å²) in [6.07, 6.45) is 0.0346. The molecule has 0 bridgehead atoms. The van der Waals surface area contributed by atoms with E-state index in [0.29, 0.717) is 22.3 Å². The number of hydrogen-bond acceptors (Lipinski definition) is 4. The smallest absolute Gasteiger partial charge is 0.280 e. The minimum absolute atomic E-state index is 0.0346. The van der Waals surface area contributed by atoms with E-state index >= 15 is 0 Å². The molecule has 3 aromatic rings. The summed E-state index contributed by atoms with van der Waals surface area (Å²) in [4.78, 5) is 37.9. The third-order valence-corrected chi connectivity index (χ3v) is 4.53. The molecule has 3 aromatic carbocycles. The Labute approximate surface area is 155 Å². The molecule has 0 fully saturated rings. The van der Waals surface area contributed by atoms with Crippen LogP contribution < -0.4 is 10.2 Å². The number of hydrazine groups is 1. The first-order valence-electron chi connectivity index (χ1n) is 8.41. The van der Waals surface area contributed by atoms with Crippen LogP contribution >= 0.6 is 0 Å². The predicted molar refractivity (Wildman–Crippen MR) is 99.3 cm³/mol. The normalized spacial score (nSPS) is 13.0. The van der Waals surface area contributed by atoms with E-state index in [-0.39, 0.29) is 6.42 Å². The minimum atomic E-state index is -0.535. The van der Waals surface area contributed by atoms with Crippen molar-refractivity contribution in [1.29, 1.82) is 0 Å². The number of rotatable bonds is 4. The number of hydrogen-bond donors (Lipinski definition) is 1. The van der Waals surface area contributed by atoms with E-state index in [2.05, 4.69) is 5.43 Å². The molecule has 0 saturated carbocycles. The largest absolute Gasteiger partial charge is 0.497 e. The maximum atomic E-state index is 12.8. The van der Waals surface area contributed by atoms with Gasteiger partial charge in [0, 0.05) is 5.39 Å². The maximum Gasteiger partial charge on any atom is 0.280 e. The highest BCUT2D eigenvalue weighted by Gasteiger charge is 2.33. The summed E-state index contributed by atoms with van der Waals surface area (Å²) < 4.78 is 5.09. The summed E-state index contributed by atoms with van der Waals surface area (Å²) in [5.41, 5.74) is 3.98. The average Bonchev–Trinajstić information content (AvgIpc) is 2.70. The van der Waals surface area contributed by atoms with Gasteiger partial charge in [-0.1, -0.05) is 36.4 Å². The predicted octanol–water partition coefficient (Wildman–Crippen LogP) is 2.72. The van der Waals surface area contributed by atoms with E-state index in [1.165, 1.54) is 0 Å². The number of carbonyl (C=O) groups excluding carboxylic acids is 3. The first-order valence-corrected chi connectivity index (χ1v) is 8.41. The second kappa shape index (κ2) is 6.57. The number of ether oxygens (including phenoxy) is 1. The SMILES string of the molecule is COc1ccc(CC(=O)NN2C(=O)c3cccc4cccc(c34)C2=O)cc1. The monoisotopic (exact) mass is 360 g/mol. The summed E-state index contributed by atoms with van der Waals surface area (Å²) in [7, 11) is 1.56. The van der Waals surface area contributed by atoms with Crippen molar-refractivity contribution in [2.75, 3.05) is 7.11 Å². The zero-order valence-electron chi connectivity index (χ0n) is 14.6. The van der Waals surface area contributed by atoms with Gasteiger partial charge in [0.25, 0.3) is 11.8 Å². The van der Waals surface area contributed by atoms with Crippen molar-refractivity contribution in [3.05, 3.63) is 77.4 Å². The van der Waals surface area contributed by atoms with Gasteiger partial charge in [-0.3, -0.25) is 19.8 Å². The molecule has 1 heterocycles. The van der Waals surface area contributed by atoms with Gasteiger partial charge in [-0.15, -0.1) is 0 Å². The van der Waals surface area contributed by atoms with Crippen molar-refractivity contribution in [3.8, 4) is 5.75 Å².